The molecule has 1 aromatic heterocycles. The fourth-order valence-electron chi connectivity index (χ4n) is 5.55. The molecular formula is C33H26F7N3O5S. The largest absolute Gasteiger partial charge is 0.497 e. The van der Waals surface area contributed by atoms with E-state index in [1.807, 2.05) is 0 Å². The molecule has 0 aliphatic carbocycles. The maximum Gasteiger partial charge on any atom is 0.416 e. The highest BCUT2D eigenvalue weighted by molar-refractivity contribution is 7.98. The fraction of sp³-hybridized carbons (Fsp3) is 0.273. The van der Waals surface area contributed by atoms with Crippen molar-refractivity contribution >= 4 is 23.8 Å². The van der Waals surface area contributed by atoms with E-state index in [0.717, 1.165) is 16.7 Å². The highest BCUT2D eigenvalue weighted by Gasteiger charge is 2.43. The highest BCUT2D eigenvalue weighted by atomic mass is 32.2. The first kappa shape index (κ1) is 35.4. The van der Waals surface area contributed by atoms with Crippen LogP contribution in [0.1, 0.15) is 51.3 Å². The van der Waals surface area contributed by atoms with E-state index in [2.05, 4.69) is 9.97 Å². The minimum absolute atomic E-state index is 0.0203. The predicted molar refractivity (Wildman–Crippen MR) is 164 cm³/mol. The van der Waals surface area contributed by atoms with Crippen LogP contribution in [0.3, 0.4) is 0 Å². The number of amides is 1. The average Bonchev–Trinajstić information content (AvgIpc) is 3.32. The van der Waals surface area contributed by atoms with Gasteiger partial charge in [-0.3, -0.25) is 4.90 Å². The second-order valence-electron chi connectivity index (χ2n) is 11.1. The van der Waals surface area contributed by atoms with Crippen LogP contribution in [0.25, 0.3) is 22.3 Å². The summed E-state index contributed by atoms with van der Waals surface area (Å²) in [5.41, 5.74) is -2.66. The van der Waals surface area contributed by atoms with E-state index in [9.17, 15) is 41.0 Å². The van der Waals surface area contributed by atoms with Crippen LogP contribution < -0.4 is 4.74 Å². The lowest BCUT2D eigenvalue weighted by molar-refractivity contribution is -0.143. The monoisotopic (exact) mass is 709 g/mol. The number of benzene rings is 3. The summed E-state index contributed by atoms with van der Waals surface area (Å²) in [5.74, 6) is -1.72. The summed E-state index contributed by atoms with van der Waals surface area (Å²) in [6.07, 6.45) is -9.83. The predicted octanol–water partition coefficient (Wildman–Crippen LogP) is 8.81. The highest BCUT2D eigenvalue weighted by Crippen LogP contribution is 2.42. The van der Waals surface area contributed by atoms with Crippen molar-refractivity contribution < 1.29 is 54.9 Å². The molecule has 1 aliphatic rings. The van der Waals surface area contributed by atoms with Crippen LogP contribution in [0, 0.1) is 12.7 Å². The minimum atomic E-state index is -5.12. The summed E-state index contributed by atoms with van der Waals surface area (Å²) < 4.78 is 107. The number of nitrogens with zero attached hydrogens (tertiary/aromatic N) is 3. The number of ether oxygens (including phenoxy) is 2. The molecule has 1 saturated heterocycles. The first-order valence-electron chi connectivity index (χ1n) is 14.3. The van der Waals surface area contributed by atoms with E-state index < -0.39 is 65.6 Å². The normalized spacial score (nSPS) is 16.6. The van der Waals surface area contributed by atoms with Crippen molar-refractivity contribution in [1.82, 2.24) is 14.9 Å². The van der Waals surface area contributed by atoms with Crippen LogP contribution in [0.4, 0.5) is 35.5 Å². The third-order valence-corrected chi connectivity index (χ3v) is 8.59. The Kier molecular flexibility index (Phi) is 9.56. The first-order valence-corrected chi connectivity index (χ1v) is 15.5. The van der Waals surface area contributed by atoms with Gasteiger partial charge in [-0.05, 0) is 79.3 Å². The molecule has 2 atom stereocenters. The molecule has 5 rings (SSSR count). The minimum Gasteiger partial charge on any atom is -0.497 e. The number of carbonyl (C=O) groups excluding carboxylic acids is 1. The van der Waals surface area contributed by atoms with Crippen molar-refractivity contribution in [2.45, 2.75) is 50.0 Å². The van der Waals surface area contributed by atoms with Crippen LogP contribution in [0.2, 0.25) is 0 Å². The molecule has 0 unspecified atom stereocenters. The number of halogens is 7. The summed E-state index contributed by atoms with van der Waals surface area (Å²) >= 11 is 1.12. The van der Waals surface area contributed by atoms with Crippen LogP contribution in [-0.2, 0) is 23.6 Å². The van der Waals surface area contributed by atoms with Gasteiger partial charge in [0.1, 0.15) is 17.7 Å². The van der Waals surface area contributed by atoms with E-state index in [0.29, 0.717) is 23.3 Å². The number of hydrogen-bond donors (Lipinski definition) is 1. The molecule has 258 valence electrons. The zero-order valence-corrected chi connectivity index (χ0v) is 26.9. The number of cyclic esters (lactones) is 1. The zero-order chi connectivity index (χ0) is 36.0. The van der Waals surface area contributed by atoms with E-state index in [1.165, 1.54) is 50.6 Å². The maximum absolute atomic E-state index is 15.2. The molecule has 8 nitrogen and oxygen atoms in total. The number of carbonyl (C=O) groups is 2. The summed E-state index contributed by atoms with van der Waals surface area (Å²) in [7, 11) is 1.37. The Hall–Kier alpha value is -4.86. The fourth-order valence-corrected chi connectivity index (χ4v) is 5.91. The lowest BCUT2D eigenvalue weighted by atomic mass is 9.90. The molecular weight excluding hydrogens is 683 g/mol. The molecule has 16 heteroatoms. The number of aromatic carboxylic acids is 1. The summed E-state index contributed by atoms with van der Waals surface area (Å²) in [6, 6.07) is 6.84. The lowest BCUT2D eigenvalue weighted by Gasteiger charge is -2.23. The molecule has 1 aliphatic heterocycles. The van der Waals surface area contributed by atoms with E-state index >= 15 is 4.39 Å². The second-order valence-corrected chi connectivity index (χ2v) is 11.9. The second kappa shape index (κ2) is 13.2. The Morgan fingerprint density at radius 2 is 1.63 bits per heavy atom. The molecule has 1 N–H and O–H groups in total. The van der Waals surface area contributed by atoms with Gasteiger partial charge < -0.3 is 14.6 Å². The first-order chi connectivity index (χ1) is 22.9. The SMILES string of the molecule is COc1ccc(-c2cc(-c3cnc(SC)nc3CN3C(=O)O[C@H](c4cc(C(F)(F)F)cc(C(F)(F)F)c4)[C@@H]3C)c(C(=O)O)cc2C)c(F)c1. The third kappa shape index (κ3) is 7.14. The molecule has 0 saturated carbocycles. The summed E-state index contributed by atoms with van der Waals surface area (Å²) in [4.78, 5) is 35.4. The van der Waals surface area contributed by atoms with E-state index in [-0.39, 0.29) is 44.9 Å². The van der Waals surface area contributed by atoms with Crippen molar-refractivity contribution in [3.8, 4) is 28.0 Å². The van der Waals surface area contributed by atoms with Gasteiger partial charge in [0.15, 0.2) is 5.16 Å². The zero-order valence-electron chi connectivity index (χ0n) is 26.0. The van der Waals surface area contributed by atoms with Gasteiger partial charge in [-0.1, -0.05) is 11.8 Å². The van der Waals surface area contributed by atoms with Crippen molar-refractivity contribution in [2.24, 2.45) is 0 Å². The van der Waals surface area contributed by atoms with Gasteiger partial charge in [-0.25, -0.2) is 23.9 Å². The molecule has 0 spiro atoms. The number of aromatic nitrogens is 2. The number of carboxylic acid groups (broad SMARTS) is 1. The molecule has 1 fully saturated rings. The molecule has 4 aromatic rings. The van der Waals surface area contributed by atoms with Gasteiger partial charge in [-0.2, -0.15) is 26.3 Å². The van der Waals surface area contributed by atoms with Gasteiger partial charge in [0.25, 0.3) is 0 Å². The number of methoxy groups -OCH3 is 1. The number of hydrogen-bond acceptors (Lipinski definition) is 7. The molecule has 0 radical (unpaired) electrons. The Morgan fingerprint density at radius 3 is 2.18 bits per heavy atom. The van der Waals surface area contributed by atoms with Gasteiger partial charge in [-0.15, -0.1) is 0 Å². The molecule has 2 heterocycles. The number of thioether (sulfide) groups is 1. The van der Waals surface area contributed by atoms with E-state index in [1.54, 1.807) is 13.2 Å². The van der Waals surface area contributed by atoms with Gasteiger partial charge in [0.05, 0.1) is 42.1 Å². The molecule has 0 bridgehead atoms. The molecule has 1 amide bonds. The van der Waals surface area contributed by atoms with Crippen molar-refractivity contribution in [2.75, 3.05) is 13.4 Å². The van der Waals surface area contributed by atoms with Gasteiger partial charge in [0, 0.05) is 29.0 Å². The number of aryl methyl sites for hydroxylation is 1. The van der Waals surface area contributed by atoms with Crippen molar-refractivity contribution in [1.29, 1.82) is 0 Å². The van der Waals surface area contributed by atoms with Crippen LogP contribution >= 0.6 is 11.8 Å². The van der Waals surface area contributed by atoms with Crippen molar-refractivity contribution in [3.63, 3.8) is 0 Å². The maximum atomic E-state index is 15.2. The van der Waals surface area contributed by atoms with Gasteiger partial charge >= 0.3 is 24.4 Å². The van der Waals surface area contributed by atoms with Gasteiger partial charge in [0.2, 0.25) is 0 Å². The number of carboxylic acids is 1. The van der Waals surface area contributed by atoms with Crippen LogP contribution in [0.5, 0.6) is 5.75 Å². The quantitative estimate of drug-likeness (QED) is 0.110. The molecule has 3 aromatic carbocycles. The van der Waals surface area contributed by atoms with Crippen molar-refractivity contribution in [3.05, 3.63) is 94.1 Å². The standard InChI is InChI=1S/C33H26F7N3O5S/c1-15-7-24(29(44)45)23(12-22(15)21-6-5-20(47-3)11-26(21)34)25-13-41-30(49-4)42-27(25)14-43-16(2)28(48-31(43)46)17-8-18(32(35,36)37)10-19(9-17)33(38,39)40/h5-13,16,28H,14H2,1-4H3,(H,44,45)/t16-,28-/m0/s1. The number of rotatable bonds is 8. The third-order valence-electron chi connectivity index (χ3n) is 8.03. The van der Waals surface area contributed by atoms with Crippen LogP contribution in [-0.4, -0.2) is 51.4 Å². The smallest absolute Gasteiger partial charge is 0.416 e. The molecule has 49 heavy (non-hydrogen) atoms. The Labute approximate surface area is 278 Å². The topological polar surface area (TPSA) is 102 Å². The average molecular weight is 710 g/mol. The lowest BCUT2D eigenvalue weighted by Crippen LogP contribution is -2.32. The van der Waals surface area contributed by atoms with E-state index in [4.69, 9.17) is 9.47 Å². The Balaban J connectivity index is 1.60. The Morgan fingerprint density at radius 1 is 0.980 bits per heavy atom. The number of alkyl halides is 6. The Bertz CT molecular complexity index is 1920. The van der Waals surface area contributed by atoms with Crippen LogP contribution in [0.15, 0.2) is 59.9 Å². The summed E-state index contributed by atoms with van der Waals surface area (Å²) in [6.45, 7) is 2.59. The summed E-state index contributed by atoms with van der Waals surface area (Å²) in [5, 5.41) is 10.4.